The van der Waals surface area contributed by atoms with Gasteiger partial charge in [-0.15, -0.1) is 0 Å². The van der Waals surface area contributed by atoms with E-state index in [0.29, 0.717) is 0 Å². The summed E-state index contributed by atoms with van der Waals surface area (Å²) in [5.41, 5.74) is 1.87. The third-order valence-electron chi connectivity index (χ3n) is 1.82. The molecule has 0 aliphatic heterocycles. The van der Waals surface area contributed by atoms with E-state index >= 15 is 0 Å². The summed E-state index contributed by atoms with van der Waals surface area (Å²) in [6.07, 6.45) is 1.70. The zero-order valence-electron chi connectivity index (χ0n) is 7.93. The van der Waals surface area contributed by atoms with Crippen LogP contribution in [-0.2, 0) is 0 Å². The number of hydrogen-bond acceptors (Lipinski definition) is 0. The quantitative estimate of drug-likeness (QED) is 0.629. The largest absolute Gasteiger partial charge is 0.0985 e. The monoisotopic (exact) mass is 346 g/mol. The molecule has 0 fully saturated rings. The van der Waals surface area contributed by atoms with Crippen LogP contribution in [0.4, 0.5) is 0 Å². The topological polar surface area (TPSA) is 0 Å². The Morgan fingerprint density at radius 2 is 1.73 bits per heavy atom. The van der Waals surface area contributed by atoms with Crippen molar-refractivity contribution in [3.8, 4) is 0 Å². The molecule has 0 unspecified atom stereocenters. The molecule has 0 atom stereocenters. The van der Waals surface area contributed by atoms with Gasteiger partial charge in [0.05, 0.1) is 0 Å². The van der Waals surface area contributed by atoms with E-state index in [9.17, 15) is 0 Å². The first-order chi connectivity index (χ1) is 7.06. The standard InChI is InChI=1S/C12H9Br2Cl/c1-3-8(2)11(13)12(14)9-4-6-10(15)7-5-9/h3-7H,1-2H2/b12-11+. The van der Waals surface area contributed by atoms with Crippen molar-refractivity contribution in [3.63, 3.8) is 0 Å². The van der Waals surface area contributed by atoms with Gasteiger partial charge in [0.25, 0.3) is 0 Å². The molecule has 0 N–H and O–H groups in total. The maximum Gasteiger partial charge on any atom is 0.0406 e. The predicted octanol–water partition coefficient (Wildman–Crippen LogP) is 5.54. The van der Waals surface area contributed by atoms with E-state index < -0.39 is 0 Å². The van der Waals surface area contributed by atoms with Crippen LogP contribution in [0.2, 0.25) is 5.02 Å². The van der Waals surface area contributed by atoms with Gasteiger partial charge in [-0.1, -0.05) is 43.0 Å². The van der Waals surface area contributed by atoms with Crippen LogP contribution >= 0.6 is 43.5 Å². The second kappa shape index (κ2) is 5.69. The first kappa shape index (κ1) is 12.8. The van der Waals surface area contributed by atoms with Gasteiger partial charge in [-0.25, -0.2) is 0 Å². The molecule has 0 nitrogen and oxygen atoms in total. The lowest BCUT2D eigenvalue weighted by Crippen LogP contribution is -1.81. The van der Waals surface area contributed by atoms with Crippen LogP contribution < -0.4 is 0 Å². The summed E-state index contributed by atoms with van der Waals surface area (Å²) in [7, 11) is 0. The highest BCUT2D eigenvalue weighted by Crippen LogP contribution is 2.33. The summed E-state index contributed by atoms with van der Waals surface area (Å²) in [5, 5.41) is 0.720. The molecule has 0 heterocycles. The molecule has 15 heavy (non-hydrogen) atoms. The molecule has 78 valence electrons. The fourth-order valence-corrected chi connectivity index (χ4v) is 1.99. The van der Waals surface area contributed by atoms with Crippen molar-refractivity contribution in [3.05, 3.63) is 64.1 Å². The Labute approximate surface area is 112 Å². The van der Waals surface area contributed by atoms with Crippen LogP contribution in [0.5, 0.6) is 0 Å². The Balaban J connectivity index is 3.12. The van der Waals surface area contributed by atoms with E-state index in [4.69, 9.17) is 11.6 Å². The van der Waals surface area contributed by atoms with Crippen molar-refractivity contribution in [1.82, 2.24) is 0 Å². The lowest BCUT2D eigenvalue weighted by Gasteiger charge is -2.04. The molecule has 0 spiro atoms. The summed E-state index contributed by atoms with van der Waals surface area (Å²) in [5.74, 6) is 0. The molecular formula is C12H9Br2Cl. The maximum atomic E-state index is 5.81. The molecule has 1 aromatic carbocycles. The SMILES string of the molecule is C=CC(=C)/C(Br)=C(\Br)c1ccc(Cl)cc1. The Bertz CT molecular complexity index is 416. The summed E-state index contributed by atoms with van der Waals surface area (Å²) >= 11 is 12.8. The molecule has 0 aromatic heterocycles. The average molecular weight is 348 g/mol. The number of hydrogen-bond donors (Lipinski definition) is 0. The van der Waals surface area contributed by atoms with Gasteiger partial charge >= 0.3 is 0 Å². The van der Waals surface area contributed by atoms with E-state index in [0.717, 1.165) is 25.1 Å². The highest BCUT2D eigenvalue weighted by Gasteiger charge is 2.05. The van der Waals surface area contributed by atoms with E-state index in [1.165, 1.54) is 0 Å². The maximum absolute atomic E-state index is 5.81. The normalized spacial score (nSPS) is 11.9. The van der Waals surface area contributed by atoms with Crippen LogP contribution in [0.15, 0.2) is 53.6 Å². The van der Waals surface area contributed by atoms with Gasteiger partial charge in [0.15, 0.2) is 0 Å². The van der Waals surface area contributed by atoms with Crippen molar-refractivity contribution in [2.24, 2.45) is 0 Å². The minimum absolute atomic E-state index is 0.720. The van der Waals surface area contributed by atoms with Gasteiger partial charge in [0.2, 0.25) is 0 Å². The smallest absolute Gasteiger partial charge is 0.0406 e. The third-order valence-corrected chi connectivity index (χ3v) is 4.36. The molecule has 0 bridgehead atoms. The zero-order chi connectivity index (χ0) is 11.4. The van der Waals surface area contributed by atoms with E-state index in [2.05, 4.69) is 45.0 Å². The van der Waals surface area contributed by atoms with Gasteiger partial charge in [-0.05, 0) is 55.1 Å². The summed E-state index contributed by atoms with van der Waals surface area (Å²) in [6.45, 7) is 7.52. The molecule has 0 saturated heterocycles. The van der Waals surface area contributed by atoms with Crippen LogP contribution in [0.25, 0.3) is 4.48 Å². The highest BCUT2D eigenvalue weighted by atomic mass is 79.9. The minimum Gasteiger partial charge on any atom is -0.0985 e. The Morgan fingerprint density at radius 3 is 2.20 bits per heavy atom. The first-order valence-corrected chi connectivity index (χ1v) is 6.15. The second-order valence-electron chi connectivity index (χ2n) is 2.86. The van der Waals surface area contributed by atoms with Crippen molar-refractivity contribution < 1.29 is 0 Å². The predicted molar refractivity (Wildman–Crippen MR) is 75.6 cm³/mol. The fourth-order valence-electron chi connectivity index (χ4n) is 0.954. The Morgan fingerprint density at radius 1 is 1.20 bits per heavy atom. The van der Waals surface area contributed by atoms with Crippen molar-refractivity contribution in [2.45, 2.75) is 0 Å². The van der Waals surface area contributed by atoms with E-state index in [-0.39, 0.29) is 0 Å². The van der Waals surface area contributed by atoms with Gasteiger partial charge in [0.1, 0.15) is 0 Å². The number of benzene rings is 1. The van der Waals surface area contributed by atoms with E-state index in [1.54, 1.807) is 6.08 Å². The van der Waals surface area contributed by atoms with Crippen LogP contribution in [0.1, 0.15) is 5.56 Å². The average Bonchev–Trinajstić information content (AvgIpc) is 2.27. The summed E-state index contributed by atoms with van der Waals surface area (Å²) < 4.78 is 1.82. The van der Waals surface area contributed by atoms with Crippen molar-refractivity contribution in [1.29, 1.82) is 0 Å². The van der Waals surface area contributed by atoms with Gasteiger partial charge in [-0.2, -0.15) is 0 Å². The van der Waals surface area contributed by atoms with Crippen LogP contribution in [-0.4, -0.2) is 0 Å². The molecule has 0 radical (unpaired) electrons. The number of rotatable bonds is 3. The highest BCUT2D eigenvalue weighted by molar-refractivity contribution is 9.16. The number of allylic oxidation sites excluding steroid dienone is 3. The van der Waals surface area contributed by atoms with E-state index in [1.807, 2.05) is 24.3 Å². The third kappa shape index (κ3) is 3.33. The lowest BCUT2D eigenvalue weighted by atomic mass is 10.2. The van der Waals surface area contributed by atoms with Crippen molar-refractivity contribution in [2.75, 3.05) is 0 Å². The lowest BCUT2D eigenvalue weighted by molar-refractivity contribution is 1.64. The molecular weight excluding hydrogens is 339 g/mol. The minimum atomic E-state index is 0.720. The van der Waals surface area contributed by atoms with Crippen LogP contribution in [0, 0.1) is 0 Å². The summed E-state index contributed by atoms with van der Waals surface area (Å²) in [4.78, 5) is 0. The number of halogens is 3. The molecule has 0 saturated carbocycles. The molecule has 1 aromatic rings. The fraction of sp³-hybridized carbons (Fsp3) is 0. The molecule has 0 aliphatic rings. The van der Waals surface area contributed by atoms with Gasteiger partial charge < -0.3 is 0 Å². The van der Waals surface area contributed by atoms with Crippen LogP contribution in [0.3, 0.4) is 0 Å². The first-order valence-electron chi connectivity index (χ1n) is 4.19. The van der Waals surface area contributed by atoms with Gasteiger partial charge in [0, 0.05) is 14.0 Å². The van der Waals surface area contributed by atoms with Crippen molar-refractivity contribution >= 4 is 47.9 Å². The molecule has 0 amide bonds. The molecule has 3 heteroatoms. The Kier molecular flexibility index (Phi) is 4.84. The molecule has 1 rings (SSSR count). The molecule has 0 aliphatic carbocycles. The zero-order valence-corrected chi connectivity index (χ0v) is 11.9. The Hall–Kier alpha value is -0.310. The van der Waals surface area contributed by atoms with Gasteiger partial charge in [-0.3, -0.25) is 0 Å². The summed E-state index contributed by atoms with van der Waals surface area (Å²) in [6, 6.07) is 7.55. The second-order valence-corrected chi connectivity index (χ2v) is 4.89.